The Bertz CT molecular complexity index is 166. The van der Waals surface area contributed by atoms with Gasteiger partial charge in [-0.1, -0.05) is 6.08 Å². The zero-order valence-corrected chi connectivity index (χ0v) is 8.76. The molecule has 76 valence electrons. The van der Waals surface area contributed by atoms with E-state index in [2.05, 4.69) is 17.2 Å². The summed E-state index contributed by atoms with van der Waals surface area (Å²) < 4.78 is 0. The van der Waals surface area contributed by atoms with E-state index in [4.69, 9.17) is 0 Å². The molecule has 0 rings (SSSR count). The number of hydrogen-bond donors (Lipinski definition) is 2. The zero-order valence-electron chi connectivity index (χ0n) is 8.76. The van der Waals surface area contributed by atoms with Crippen LogP contribution in [0.4, 0.5) is 0 Å². The molecular weight excluding hydrogens is 164 g/mol. The van der Waals surface area contributed by atoms with Crippen LogP contribution in [0.3, 0.4) is 0 Å². The number of hydrogen-bond acceptors (Lipinski definition) is 2. The number of carbonyl (C=O) groups is 1. The van der Waals surface area contributed by atoms with E-state index in [1.165, 1.54) is 0 Å². The lowest BCUT2D eigenvalue weighted by atomic mass is 10.2. The third-order valence-electron chi connectivity index (χ3n) is 1.58. The smallest absolute Gasteiger partial charge is 0.234 e. The van der Waals surface area contributed by atoms with E-state index in [-0.39, 0.29) is 11.9 Å². The molecule has 1 amide bonds. The lowest BCUT2D eigenvalue weighted by Gasteiger charge is -2.12. The van der Waals surface area contributed by atoms with Gasteiger partial charge in [-0.15, -0.1) is 6.58 Å². The number of carbonyl (C=O) groups excluding carboxylic acids is 1. The van der Waals surface area contributed by atoms with E-state index < -0.39 is 0 Å². The largest absolute Gasteiger partial charge is 0.353 e. The Morgan fingerprint density at radius 2 is 2.08 bits per heavy atom. The molecule has 0 aliphatic rings. The Morgan fingerprint density at radius 1 is 1.46 bits per heavy atom. The van der Waals surface area contributed by atoms with Crippen molar-refractivity contribution < 1.29 is 4.79 Å². The predicted octanol–water partition coefficient (Wildman–Crippen LogP) is 1.07. The number of amides is 1. The van der Waals surface area contributed by atoms with Crippen LogP contribution in [0.5, 0.6) is 0 Å². The fourth-order valence-electron chi connectivity index (χ4n) is 0.973. The van der Waals surface area contributed by atoms with Gasteiger partial charge < -0.3 is 10.6 Å². The molecule has 0 aromatic heterocycles. The summed E-state index contributed by atoms with van der Waals surface area (Å²) >= 11 is 0. The maximum atomic E-state index is 11.2. The molecule has 2 N–H and O–H groups in total. The van der Waals surface area contributed by atoms with Crippen LogP contribution in [0.2, 0.25) is 0 Å². The van der Waals surface area contributed by atoms with Crippen LogP contribution in [-0.2, 0) is 4.79 Å². The first-order valence-corrected chi connectivity index (χ1v) is 4.70. The van der Waals surface area contributed by atoms with Crippen LogP contribution >= 0.6 is 0 Å². The highest BCUT2D eigenvalue weighted by Crippen LogP contribution is 1.89. The molecule has 1 unspecified atom stereocenters. The third kappa shape index (κ3) is 7.53. The highest BCUT2D eigenvalue weighted by Gasteiger charge is 2.04. The Hall–Kier alpha value is -0.830. The molecule has 0 fully saturated rings. The lowest BCUT2D eigenvalue weighted by molar-refractivity contribution is -0.120. The number of rotatable bonds is 6. The maximum absolute atomic E-state index is 11.2. The summed E-state index contributed by atoms with van der Waals surface area (Å²) in [6.07, 6.45) is 2.73. The molecule has 3 nitrogen and oxygen atoms in total. The van der Waals surface area contributed by atoms with Gasteiger partial charge in [0.25, 0.3) is 0 Å². The quantitative estimate of drug-likeness (QED) is 0.606. The molecule has 0 bridgehead atoms. The van der Waals surface area contributed by atoms with Crippen LogP contribution in [-0.4, -0.2) is 24.5 Å². The molecule has 0 spiro atoms. The van der Waals surface area contributed by atoms with Gasteiger partial charge in [-0.05, 0) is 27.2 Å². The standard InChI is InChI=1S/C10H20N2O/c1-5-6-9(4)11-7-10(13)12-8(2)3/h5,8-9,11H,1,6-7H2,2-4H3,(H,12,13). The van der Waals surface area contributed by atoms with Crippen LogP contribution in [0.25, 0.3) is 0 Å². The molecule has 0 radical (unpaired) electrons. The van der Waals surface area contributed by atoms with Gasteiger partial charge in [-0.2, -0.15) is 0 Å². The summed E-state index contributed by atoms with van der Waals surface area (Å²) in [5.41, 5.74) is 0. The lowest BCUT2D eigenvalue weighted by Crippen LogP contribution is -2.40. The van der Waals surface area contributed by atoms with Gasteiger partial charge in [0.15, 0.2) is 0 Å². The van der Waals surface area contributed by atoms with E-state index in [1.807, 2.05) is 26.8 Å². The minimum absolute atomic E-state index is 0.0471. The van der Waals surface area contributed by atoms with Crippen LogP contribution in [0.1, 0.15) is 27.2 Å². The molecule has 0 heterocycles. The van der Waals surface area contributed by atoms with Gasteiger partial charge in [-0.25, -0.2) is 0 Å². The fourth-order valence-corrected chi connectivity index (χ4v) is 0.973. The summed E-state index contributed by atoms with van der Waals surface area (Å²) in [5, 5.41) is 5.92. The van der Waals surface area contributed by atoms with Gasteiger partial charge in [0.05, 0.1) is 6.54 Å². The normalized spacial score (nSPS) is 12.6. The molecule has 0 saturated heterocycles. The Labute approximate surface area is 80.6 Å². The Balaban J connectivity index is 3.51. The molecule has 3 heteroatoms. The molecule has 0 saturated carbocycles. The van der Waals surface area contributed by atoms with Crippen molar-refractivity contribution in [3.63, 3.8) is 0 Å². The van der Waals surface area contributed by atoms with Crippen molar-refractivity contribution in [2.75, 3.05) is 6.54 Å². The molecule has 0 aromatic carbocycles. The number of nitrogens with one attached hydrogen (secondary N) is 2. The highest BCUT2D eigenvalue weighted by molar-refractivity contribution is 5.78. The summed E-state index contributed by atoms with van der Waals surface area (Å²) in [6, 6.07) is 0.527. The van der Waals surface area contributed by atoms with Crippen molar-refractivity contribution in [2.24, 2.45) is 0 Å². The first-order chi connectivity index (χ1) is 6.06. The molecule has 0 aliphatic carbocycles. The van der Waals surface area contributed by atoms with Gasteiger partial charge in [0.2, 0.25) is 5.91 Å². The Morgan fingerprint density at radius 3 is 2.54 bits per heavy atom. The van der Waals surface area contributed by atoms with E-state index >= 15 is 0 Å². The van der Waals surface area contributed by atoms with Crippen molar-refractivity contribution in [1.29, 1.82) is 0 Å². The van der Waals surface area contributed by atoms with Crippen molar-refractivity contribution in [3.8, 4) is 0 Å². The molecule has 1 atom stereocenters. The molecule has 0 aliphatic heterocycles. The summed E-state index contributed by atoms with van der Waals surface area (Å²) in [6.45, 7) is 9.95. The summed E-state index contributed by atoms with van der Waals surface area (Å²) in [5.74, 6) is 0.0471. The molecule has 13 heavy (non-hydrogen) atoms. The van der Waals surface area contributed by atoms with Gasteiger partial charge in [0.1, 0.15) is 0 Å². The summed E-state index contributed by atoms with van der Waals surface area (Å²) in [7, 11) is 0. The van der Waals surface area contributed by atoms with E-state index in [1.54, 1.807) is 0 Å². The zero-order chi connectivity index (χ0) is 10.3. The van der Waals surface area contributed by atoms with Crippen LogP contribution in [0, 0.1) is 0 Å². The SMILES string of the molecule is C=CCC(C)NCC(=O)NC(C)C. The van der Waals surface area contributed by atoms with E-state index in [9.17, 15) is 4.79 Å². The maximum Gasteiger partial charge on any atom is 0.234 e. The second kappa shape index (κ2) is 6.66. The van der Waals surface area contributed by atoms with Crippen molar-refractivity contribution >= 4 is 5.91 Å². The highest BCUT2D eigenvalue weighted by atomic mass is 16.1. The van der Waals surface area contributed by atoms with Gasteiger partial charge in [-0.3, -0.25) is 4.79 Å². The van der Waals surface area contributed by atoms with E-state index in [0.717, 1.165) is 6.42 Å². The first-order valence-electron chi connectivity index (χ1n) is 4.70. The predicted molar refractivity (Wildman–Crippen MR) is 55.6 cm³/mol. The topological polar surface area (TPSA) is 41.1 Å². The second-order valence-electron chi connectivity index (χ2n) is 3.53. The fraction of sp³-hybridized carbons (Fsp3) is 0.700. The average molecular weight is 184 g/mol. The van der Waals surface area contributed by atoms with Crippen molar-refractivity contribution in [2.45, 2.75) is 39.3 Å². The molecule has 0 aromatic rings. The monoisotopic (exact) mass is 184 g/mol. The Kier molecular flexibility index (Phi) is 6.24. The average Bonchev–Trinajstić information content (AvgIpc) is 2.00. The van der Waals surface area contributed by atoms with Crippen LogP contribution in [0.15, 0.2) is 12.7 Å². The van der Waals surface area contributed by atoms with Crippen molar-refractivity contribution in [1.82, 2.24) is 10.6 Å². The van der Waals surface area contributed by atoms with E-state index in [0.29, 0.717) is 12.6 Å². The second-order valence-corrected chi connectivity index (χ2v) is 3.53. The minimum atomic E-state index is 0.0471. The van der Waals surface area contributed by atoms with Gasteiger partial charge in [0, 0.05) is 12.1 Å². The first kappa shape index (κ1) is 12.2. The third-order valence-corrected chi connectivity index (χ3v) is 1.58. The summed E-state index contributed by atoms with van der Waals surface area (Å²) in [4.78, 5) is 11.2. The van der Waals surface area contributed by atoms with Crippen LogP contribution < -0.4 is 10.6 Å². The molecular formula is C10H20N2O. The van der Waals surface area contributed by atoms with Gasteiger partial charge >= 0.3 is 0 Å². The minimum Gasteiger partial charge on any atom is -0.353 e. The van der Waals surface area contributed by atoms with Crippen molar-refractivity contribution in [3.05, 3.63) is 12.7 Å².